The van der Waals surface area contributed by atoms with Crippen molar-refractivity contribution in [3.63, 3.8) is 0 Å². The van der Waals surface area contributed by atoms with Crippen molar-refractivity contribution >= 4 is 40.7 Å². The van der Waals surface area contributed by atoms with Gasteiger partial charge in [-0.2, -0.15) is 0 Å². The number of hydrogen-bond acceptors (Lipinski definition) is 4. The van der Waals surface area contributed by atoms with Crippen molar-refractivity contribution in [1.29, 1.82) is 0 Å². The number of imide groups is 1. The molecular formula is C21H24ClN3O3. The molecule has 1 aliphatic rings. The molecule has 0 aliphatic carbocycles. The summed E-state index contributed by atoms with van der Waals surface area (Å²) in [6, 6.07) is 4.13. The molecule has 1 aliphatic heterocycles. The lowest BCUT2D eigenvalue weighted by Crippen LogP contribution is -2.48. The molecule has 2 rings (SSSR count). The molecule has 1 unspecified atom stereocenters. The van der Waals surface area contributed by atoms with E-state index < -0.39 is 11.6 Å². The number of halogens is 1. The molecule has 0 bridgehead atoms. The monoisotopic (exact) mass is 401 g/mol. The summed E-state index contributed by atoms with van der Waals surface area (Å²) in [5, 5.41) is 6.11. The predicted molar refractivity (Wildman–Crippen MR) is 111 cm³/mol. The zero-order chi connectivity index (χ0) is 21.2. The van der Waals surface area contributed by atoms with E-state index in [-0.39, 0.29) is 24.1 Å². The first-order valence-electron chi connectivity index (χ1n) is 8.86. The third-order valence-electron chi connectivity index (χ3n) is 4.41. The van der Waals surface area contributed by atoms with Crippen molar-refractivity contribution in [3.8, 4) is 12.3 Å². The maximum atomic E-state index is 12.6. The van der Waals surface area contributed by atoms with Crippen LogP contribution < -0.4 is 15.5 Å². The molecule has 2 N–H and O–H groups in total. The number of nitrogens with one attached hydrogen (secondary N) is 2. The van der Waals surface area contributed by atoms with Crippen LogP contribution in [0.1, 0.15) is 41.0 Å². The van der Waals surface area contributed by atoms with Gasteiger partial charge in [0, 0.05) is 5.57 Å². The van der Waals surface area contributed by atoms with Gasteiger partial charge in [0.25, 0.3) is 5.91 Å². The van der Waals surface area contributed by atoms with E-state index in [9.17, 15) is 14.4 Å². The standard InChI is InChI=1S/C21H24ClN3O3/c1-7-21(5,6)24-19(27)13(4)23-17-10-14(8-9-16(17)22)25-18(26)11-15(12(2)3)20(25)28/h1,8-10,13,23H,11H2,2-6H3,(H,24,27). The van der Waals surface area contributed by atoms with Crippen LogP contribution >= 0.6 is 11.6 Å². The topological polar surface area (TPSA) is 78.5 Å². The maximum Gasteiger partial charge on any atom is 0.261 e. The van der Waals surface area contributed by atoms with E-state index in [4.69, 9.17) is 18.0 Å². The highest BCUT2D eigenvalue weighted by Crippen LogP contribution is 2.33. The molecule has 6 nitrogen and oxygen atoms in total. The van der Waals surface area contributed by atoms with Gasteiger partial charge in [0.05, 0.1) is 28.4 Å². The molecule has 1 aromatic carbocycles. The SMILES string of the molecule is C#CC(C)(C)NC(=O)C(C)Nc1cc(N2C(=O)CC(=C(C)C)C2=O)ccc1Cl. The van der Waals surface area contributed by atoms with E-state index in [1.807, 2.05) is 0 Å². The summed E-state index contributed by atoms with van der Waals surface area (Å²) in [7, 11) is 0. The molecule has 1 aromatic rings. The van der Waals surface area contributed by atoms with Crippen LogP contribution in [-0.4, -0.2) is 29.3 Å². The highest BCUT2D eigenvalue weighted by atomic mass is 35.5. The van der Waals surface area contributed by atoms with Gasteiger partial charge in [-0.3, -0.25) is 14.4 Å². The summed E-state index contributed by atoms with van der Waals surface area (Å²) in [6.07, 6.45) is 5.48. The summed E-state index contributed by atoms with van der Waals surface area (Å²) < 4.78 is 0. The first-order valence-corrected chi connectivity index (χ1v) is 9.24. The van der Waals surface area contributed by atoms with E-state index in [0.717, 1.165) is 10.5 Å². The maximum absolute atomic E-state index is 12.6. The van der Waals surface area contributed by atoms with Crippen molar-refractivity contribution < 1.29 is 14.4 Å². The number of hydrogen-bond donors (Lipinski definition) is 2. The minimum absolute atomic E-state index is 0.0759. The van der Waals surface area contributed by atoms with Crippen molar-refractivity contribution in [1.82, 2.24) is 5.32 Å². The van der Waals surface area contributed by atoms with Gasteiger partial charge in [0.2, 0.25) is 11.8 Å². The number of carbonyl (C=O) groups is 3. The molecule has 1 atom stereocenters. The average molecular weight is 402 g/mol. The minimum Gasteiger partial charge on any atom is -0.373 e. The smallest absolute Gasteiger partial charge is 0.261 e. The molecule has 1 fully saturated rings. The fourth-order valence-corrected chi connectivity index (χ4v) is 2.89. The van der Waals surface area contributed by atoms with E-state index in [0.29, 0.717) is 22.0 Å². The van der Waals surface area contributed by atoms with E-state index in [2.05, 4.69) is 16.6 Å². The Kier molecular flexibility index (Phi) is 6.20. The lowest BCUT2D eigenvalue weighted by molar-refractivity contribution is -0.123. The number of allylic oxidation sites excluding steroid dienone is 1. The third kappa shape index (κ3) is 4.55. The fourth-order valence-electron chi connectivity index (χ4n) is 2.72. The second kappa shape index (κ2) is 8.07. The lowest BCUT2D eigenvalue weighted by atomic mass is 10.1. The summed E-state index contributed by atoms with van der Waals surface area (Å²) >= 11 is 6.24. The molecule has 1 heterocycles. The number of benzene rings is 1. The molecule has 0 saturated carbocycles. The van der Waals surface area contributed by atoms with E-state index in [1.54, 1.807) is 52.8 Å². The molecular weight excluding hydrogens is 378 g/mol. The molecule has 148 valence electrons. The molecule has 0 radical (unpaired) electrons. The molecule has 28 heavy (non-hydrogen) atoms. The first kappa shape index (κ1) is 21.5. The van der Waals surface area contributed by atoms with Crippen molar-refractivity contribution in [2.45, 2.75) is 52.6 Å². The van der Waals surface area contributed by atoms with Crippen LogP contribution in [0.3, 0.4) is 0 Å². The Morgan fingerprint density at radius 3 is 2.50 bits per heavy atom. The predicted octanol–water partition coefficient (Wildman–Crippen LogP) is 3.27. The van der Waals surface area contributed by atoms with Crippen LogP contribution in [0.25, 0.3) is 0 Å². The highest BCUT2D eigenvalue weighted by Gasteiger charge is 2.35. The lowest BCUT2D eigenvalue weighted by Gasteiger charge is -2.24. The molecule has 1 saturated heterocycles. The second-order valence-corrected chi connectivity index (χ2v) is 7.89. The Morgan fingerprint density at radius 2 is 1.96 bits per heavy atom. The number of nitrogens with zero attached hydrogens (tertiary/aromatic N) is 1. The van der Waals surface area contributed by atoms with Crippen LogP contribution in [0.15, 0.2) is 29.3 Å². The Morgan fingerprint density at radius 1 is 1.32 bits per heavy atom. The van der Waals surface area contributed by atoms with Crippen LogP contribution in [0.5, 0.6) is 0 Å². The molecule has 0 spiro atoms. The average Bonchev–Trinajstić information content (AvgIpc) is 2.91. The second-order valence-electron chi connectivity index (χ2n) is 7.48. The van der Waals surface area contributed by atoms with Crippen molar-refractivity contribution in [2.24, 2.45) is 0 Å². The number of carbonyl (C=O) groups excluding carboxylic acids is 3. The molecule has 3 amide bonds. The zero-order valence-corrected chi connectivity index (χ0v) is 17.4. The van der Waals surface area contributed by atoms with Crippen molar-refractivity contribution in [3.05, 3.63) is 34.4 Å². The van der Waals surface area contributed by atoms with Gasteiger partial charge in [0.15, 0.2) is 0 Å². The number of rotatable bonds is 5. The van der Waals surface area contributed by atoms with Gasteiger partial charge >= 0.3 is 0 Å². The zero-order valence-electron chi connectivity index (χ0n) is 16.6. The normalized spacial score (nSPS) is 15.3. The Bertz CT molecular complexity index is 908. The van der Waals surface area contributed by atoms with Gasteiger partial charge in [0.1, 0.15) is 6.04 Å². The minimum atomic E-state index is -0.784. The number of terminal acetylenes is 1. The van der Waals surface area contributed by atoms with Gasteiger partial charge in [-0.1, -0.05) is 23.1 Å². The van der Waals surface area contributed by atoms with Crippen LogP contribution in [0.4, 0.5) is 11.4 Å². The van der Waals surface area contributed by atoms with Gasteiger partial charge in [-0.05, 0) is 52.8 Å². The largest absolute Gasteiger partial charge is 0.373 e. The fraction of sp³-hybridized carbons (Fsp3) is 0.381. The third-order valence-corrected chi connectivity index (χ3v) is 4.74. The summed E-state index contributed by atoms with van der Waals surface area (Å²) in [5.41, 5.74) is 1.36. The van der Waals surface area contributed by atoms with Crippen LogP contribution in [0.2, 0.25) is 5.02 Å². The Hall–Kier alpha value is -2.78. The van der Waals surface area contributed by atoms with E-state index >= 15 is 0 Å². The highest BCUT2D eigenvalue weighted by molar-refractivity contribution is 6.34. The van der Waals surface area contributed by atoms with Gasteiger partial charge < -0.3 is 10.6 Å². The van der Waals surface area contributed by atoms with E-state index in [1.165, 1.54) is 0 Å². The van der Waals surface area contributed by atoms with Gasteiger partial charge in [-0.15, -0.1) is 6.42 Å². The Labute approximate surface area is 170 Å². The molecule has 7 heteroatoms. The quantitative estimate of drug-likeness (QED) is 0.451. The van der Waals surface area contributed by atoms with Crippen molar-refractivity contribution in [2.75, 3.05) is 10.2 Å². The van der Waals surface area contributed by atoms with Crippen LogP contribution in [-0.2, 0) is 14.4 Å². The molecule has 0 aromatic heterocycles. The summed E-state index contributed by atoms with van der Waals surface area (Å²) in [4.78, 5) is 38.4. The van der Waals surface area contributed by atoms with Gasteiger partial charge in [-0.25, -0.2) is 4.90 Å². The summed E-state index contributed by atoms with van der Waals surface area (Å²) in [6.45, 7) is 8.71. The van der Waals surface area contributed by atoms with Crippen LogP contribution in [0, 0.1) is 12.3 Å². The number of amides is 3. The summed E-state index contributed by atoms with van der Waals surface area (Å²) in [5.74, 6) is 1.57. The first-order chi connectivity index (χ1) is 13.0. The Balaban J connectivity index is 2.26. The number of anilines is 2.